The Hall–Kier alpha value is -3.28. The Morgan fingerprint density at radius 3 is 2.58 bits per heavy atom. The van der Waals surface area contributed by atoms with Gasteiger partial charge >= 0.3 is 0 Å². The van der Waals surface area contributed by atoms with Crippen LogP contribution in [0, 0.1) is 5.82 Å². The van der Waals surface area contributed by atoms with Crippen LogP contribution in [0.25, 0.3) is 0 Å². The third-order valence-corrected chi connectivity index (χ3v) is 3.96. The Morgan fingerprint density at radius 1 is 1.08 bits per heavy atom. The highest BCUT2D eigenvalue weighted by Gasteiger charge is 2.12. The van der Waals surface area contributed by atoms with E-state index in [-0.39, 0.29) is 17.4 Å². The van der Waals surface area contributed by atoms with Gasteiger partial charge in [0.05, 0.1) is 0 Å². The molecule has 0 atom stereocenters. The maximum Gasteiger partial charge on any atom is 0.270 e. The van der Waals surface area contributed by atoms with Crippen LogP contribution in [0.3, 0.4) is 0 Å². The summed E-state index contributed by atoms with van der Waals surface area (Å²) in [5.74, 6) is -0.153. The van der Waals surface area contributed by atoms with Crippen molar-refractivity contribution in [2.24, 2.45) is 0 Å². The molecule has 0 saturated carbocycles. The lowest BCUT2D eigenvalue weighted by Crippen LogP contribution is -2.27. The van der Waals surface area contributed by atoms with Crippen molar-refractivity contribution in [2.45, 2.75) is 6.42 Å². The van der Waals surface area contributed by atoms with Crippen LogP contribution in [-0.2, 0) is 6.42 Å². The van der Waals surface area contributed by atoms with E-state index in [1.165, 1.54) is 6.07 Å². The maximum atomic E-state index is 13.6. The third-order valence-electron chi connectivity index (χ3n) is 3.96. The fraction of sp³-hybridized carbons (Fsp3) is 0.150. The summed E-state index contributed by atoms with van der Waals surface area (Å²) in [4.78, 5) is 22.7. The molecule has 0 bridgehead atoms. The number of hydrogen-bond acceptors (Lipinski definition) is 4. The van der Waals surface area contributed by atoms with E-state index in [0.29, 0.717) is 24.5 Å². The molecule has 0 aliphatic carbocycles. The van der Waals surface area contributed by atoms with Gasteiger partial charge in [-0.2, -0.15) is 0 Å². The molecule has 5 nitrogen and oxygen atoms in total. The van der Waals surface area contributed by atoms with Gasteiger partial charge in [0.2, 0.25) is 5.95 Å². The SMILES string of the molecule is CN(c1ccccc1)c1nccc(C(=O)NCCc2ccccc2F)n1. The van der Waals surface area contributed by atoms with Crippen molar-refractivity contribution >= 4 is 17.5 Å². The summed E-state index contributed by atoms with van der Waals surface area (Å²) in [6.45, 7) is 0.327. The average molecular weight is 350 g/mol. The zero-order valence-corrected chi connectivity index (χ0v) is 14.4. The average Bonchev–Trinajstić information content (AvgIpc) is 2.69. The van der Waals surface area contributed by atoms with Crippen molar-refractivity contribution in [2.75, 3.05) is 18.5 Å². The quantitative estimate of drug-likeness (QED) is 0.741. The molecule has 0 radical (unpaired) electrons. The Morgan fingerprint density at radius 2 is 1.81 bits per heavy atom. The van der Waals surface area contributed by atoms with Gasteiger partial charge in [-0.05, 0) is 36.2 Å². The molecule has 3 aromatic rings. The molecule has 132 valence electrons. The minimum atomic E-state index is -0.313. The molecule has 1 N–H and O–H groups in total. The molecule has 6 heteroatoms. The number of nitrogens with zero attached hydrogens (tertiary/aromatic N) is 3. The predicted octanol–water partition coefficient (Wildman–Crippen LogP) is 3.36. The molecular formula is C20H19FN4O. The number of halogens is 1. The second-order valence-electron chi connectivity index (χ2n) is 5.73. The number of carbonyl (C=O) groups excluding carboxylic acids is 1. The molecule has 0 spiro atoms. The molecule has 0 saturated heterocycles. The normalized spacial score (nSPS) is 10.4. The van der Waals surface area contributed by atoms with Gasteiger partial charge in [0.15, 0.2) is 0 Å². The van der Waals surface area contributed by atoms with E-state index >= 15 is 0 Å². The van der Waals surface area contributed by atoms with Crippen LogP contribution in [0.2, 0.25) is 0 Å². The molecule has 1 amide bonds. The Bertz CT molecular complexity index is 886. The van der Waals surface area contributed by atoms with Gasteiger partial charge in [-0.15, -0.1) is 0 Å². The van der Waals surface area contributed by atoms with Crippen LogP contribution in [0.4, 0.5) is 16.0 Å². The lowest BCUT2D eigenvalue weighted by molar-refractivity contribution is 0.0949. The van der Waals surface area contributed by atoms with Crippen LogP contribution in [0.5, 0.6) is 0 Å². The molecule has 26 heavy (non-hydrogen) atoms. The Labute approximate surface area is 151 Å². The van der Waals surface area contributed by atoms with Gasteiger partial charge in [0, 0.05) is 25.5 Å². The highest BCUT2D eigenvalue weighted by molar-refractivity contribution is 5.92. The molecule has 0 aliphatic rings. The molecule has 2 aromatic carbocycles. The molecule has 0 fully saturated rings. The Balaban J connectivity index is 1.64. The number of nitrogens with one attached hydrogen (secondary N) is 1. The summed E-state index contributed by atoms with van der Waals surface area (Å²) in [5.41, 5.74) is 1.76. The Kier molecular flexibility index (Phi) is 5.53. The summed E-state index contributed by atoms with van der Waals surface area (Å²) < 4.78 is 13.6. The zero-order valence-electron chi connectivity index (χ0n) is 14.4. The largest absolute Gasteiger partial charge is 0.350 e. The number of benzene rings is 2. The summed E-state index contributed by atoms with van der Waals surface area (Å²) in [6.07, 6.45) is 1.97. The number of hydrogen-bond donors (Lipinski definition) is 1. The van der Waals surface area contributed by atoms with Crippen LogP contribution in [-0.4, -0.2) is 29.5 Å². The highest BCUT2D eigenvalue weighted by Crippen LogP contribution is 2.19. The van der Waals surface area contributed by atoms with E-state index in [4.69, 9.17) is 0 Å². The standard InChI is InChI=1S/C20H19FN4O/c1-25(16-8-3-2-4-9-16)20-23-14-12-18(24-20)19(26)22-13-11-15-7-5-6-10-17(15)21/h2-10,12,14H,11,13H2,1H3,(H,22,26). The lowest BCUT2D eigenvalue weighted by Gasteiger charge is -2.17. The fourth-order valence-corrected chi connectivity index (χ4v) is 2.51. The van der Waals surface area contributed by atoms with Crippen LogP contribution < -0.4 is 10.2 Å². The van der Waals surface area contributed by atoms with E-state index in [2.05, 4.69) is 15.3 Å². The number of aromatic nitrogens is 2. The molecule has 1 heterocycles. The second kappa shape index (κ2) is 8.20. The molecule has 0 aliphatic heterocycles. The van der Waals surface area contributed by atoms with E-state index < -0.39 is 0 Å². The summed E-state index contributed by atoms with van der Waals surface area (Å²) >= 11 is 0. The summed E-state index contributed by atoms with van der Waals surface area (Å²) in [6, 6.07) is 17.7. The van der Waals surface area contributed by atoms with E-state index in [1.807, 2.05) is 37.4 Å². The summed E-state index contributed by atoms with van der Waals surface area (Å²) in [7, 11) is 1.84. The number of amides is 1. The monoisotopic (exact) mass is 350 g/mol. The van der Waals surface area contributed by atoms with Crippen molar-refractivity contribution in [3.63, 3.8) is 0 Å². The molecule has 0 unspecified atom stereocenters. The minimum Gasteiger partial charge on any atom is -0.350 e. The van der Waals surface area contributed by atoms with E-state index in [9.17, 15) is 9.18 Å². The smallest absolute Gasteiger partial charge is 0.270 e. The second-order valence-corrected chi connectivity index (χ2v) is 5.73. The van der Waals surface area contributed by atoms with Gasteiger partial charge in [-0.3, -0.25) is 4.79 Å². The number of rotatable bonds is 6. The number of carbonyl (C=O) groups is 1. The minimum absolute atomic E-state index is 0.268. The van der Waals surface area contributed by atoms with Gasteiger partial charge in [0.1, 0.15) is 11.5 Å². The van der Waals surface area contributed by atoms with Gasteiger partial charge in [0.25, 0.3) is 5.91 Å². The first-order valence-electron chi connectivity index (χ1n) is 8.28. The predicted molar refractivity (Wildman–Crippen MR) is 99.0 cm³/mol. The van der Waals surface area contributed by atoms with Crippen LogP contribution in [0.15, 0.2) is 66.9 Å². The van der Waals surface area contributed by atoms with Crippen molar-refractivity contribution in [1.82, 2.24) is 15.3 Å². The van der Waals surface area contributed by atoms with Crippen molar-refractivity contribution in [3.8, 4) is 0 Å². The van der Waals surface area contributed by atoms with Gasteiger partial charge in [-0.25, -0.2) is 14.4 Å². The van der Waals surface area contributed by atoms with Crippen molar-refractivity contribution in [1.29, 1.82) is 0 Å². The molecule has 1 aromatic heterocycles. The maximum absolute atomic E-state index is 13.6. The van der Waals surface area contributed by atoms with Crippen LogP contribution >= 0.6 is 0 Å². The van der Waals surface area contributed by atoms with E-state index in [0.717, 1.165) is 5.69 Å². The van der Waals surface area contributed by atoms with E-state index in [1.54, 1.807) is 35.4 Å². The topological polar surface area (TPSA) is 58.1 Å². The molecule has 3 rings (SSSR count). The fourth-order valence-electron chi connectivity index (χ4n) is 2.51. The first-order valence-corrected chi connectivity index (χ1v) is 8.28. The number of anilines is 2. The third kappa shape index (κ3) is 4.22. The first-order chi connectivity index (χ1) is 12.6. The van der Waals surface area contributed by atoms with Gasteiger partial charge in [-0.1, -0.05) is 36.4 Å². The van der Waals surface area contributed by atoms with Crippen molar-refractivity contribution in [3.05, 3.63) is 83.9 Å². The van der Waals surface area contributed by atoms with Crippen molar-refractivity contribution < 1.29 is 9.18 Å². The lowest BCUT2D eigenvalue weighted by atomic mass is 10.1. The summed E-state index contributed by atoms with van der Waals surface area (Å²) in [5, 5.41) is 2.77. The first kappa shape index (κ1) is 17.5. The zero-order chi connectivity index (χ0) is 18.4. The van der Waals surface area contributed by atoms with Gasteiger partial charge < -0.3 is 10.2 Å². The molecular weight excluding hydrogens is 331 g/mol. The highest BCUT2D eigenvalue weighted by atomic mass is 19.1. The van der Waals surface area contributed by atoms with Crippen LogP contribution in [0.1, 0.15) is 16.1 Å². The number of para-hydroxylation sites is 1.